The van der Waals surface area contributed by atoms with Gasteiger partial charge in [0.25, 0.3) is 0 Å². The highest BCUT2D eigenvalue weighted by Crippen LogP contribution is 2.34. The SMILES string of the molecule is CCOCCC(=O)CC1CCCc2ccccc21. The number of ether oxygens (including phenoxy) is 1. The number of carbonyl (C=O) groups is 1. The summed E-state index contributed by atoms with van der Waals surface area (Å²) in [5.74, 6) is 0.772. The monoisotopic (exact) mass is 246 g/mol. The lowest BCUT2D eigenvalue weighted by Gasteiger charge is -2.24. The van der Waals surface area contributed by atoms with Gasteiger partial charge >= 0.3 is 0 Å². The van der Waals surface area contributed by atoms with Crippen LogP contribution >= 0.6 is 0 Å². The van der Waals surface area contributed by atoms with Crippen LogP contribution in [0.3, 0.4) is 0 Å². The van der Waals surface area contributed by atoms with Crippen molar-refractivity contribution in [2.45, 2.75) is 44.9 Å². The minimum atomic E-state index is 0.338. The third-order valence-corrected chi connectivity index (χ3v) is 3.70. The van der Waals surface area contributed by atoms with Crippen LogP contribution in [-0.2, 0) is 16.0 Å². The second kappa shape index (κ2) is 6.69. The average molecular weight is 246 g/mol. The number of rotatable bonds is 6. The van der Waals surface area contributed by atoms with E-state index in [0.717, 1.165) is 6.42 Å². The van der Waals surface area contributed by atoms with Crippen molar-refractivity contribution in [3.05, 3.63) is 35.4 Å². The van der Waals surface area contributed by atoms with Gasteiger partial charge < -0.3 is 4.74 Å². The molecular weight excluding hydrogens is 224 g/mol. The Labute approximate surface area is 109 Å². The molecule has 1 unspecified atom stereocenters. The van der Waals surface area contributed by atoms with Gasteiger partial charge in [0.1, 0.15) is 5.78 Å². The fourth-order valence-electron chi connectivity index (χ4n) is 2.77. The molecule has 18 heavy (non-hydrogen) atoms. The van der Waals surface area contributed by atoms with Crippen LogP contribution < -0.4 is 0 Å². The largest absolute Gasteiger partial charge is 0.381 e. The second-order valence-corrected chi connectivity index (χ2v) is 4.98. The Bertz CT molecular complexity index is 398. The summed E-state index contributed by atoms with van der Waals surface area (Å²) in [4.78, 5) is 11.9. The molecule has 0 saturated heterocycles. The van der Waals surface area contributed by atoms with Gasteiger partial charge in [0.2, 0.25) is 0 Å². The summed E-state index contributed by atoms with van der Waals surface area (Å²) >= 11 is 0. The molecule has 1 aromatic rings. The van der Waals surface area contributed by atoms with Crippen LogP contribution in [0.4, 0.5) is 0 Å². The summed E-state index contributed by atoms with van der Waals surface area (Å²) in [7, 11) is 0. The highest BCUT2D eigenvalue weighted by molar-refractivity contribution is 5.79. The van der Waals surface area contributed by atoms with E-state index in [0.29, 0.717) is 37.8 Å². The molecule has 0 amide bonds. The van der Waals surface area contributed by atoms with E-state index in [-0.39, 0.29) is 0 Å². The number of Topliss-reactive ketones (excluding diaryl/α,β-unsaturated/α-hetero) is 1. The summed E-state index contributed by atoms with van der Waals surface area (Å²) in [5, 5.41) is 0. The third kappa shape index (κ3) is 3.42. The molecule has 1 aliphatic carbocycles. The van der Waals surface area contributed by atoms with Crippen molar-refractivity contribution in [3.8, 4) is 0 Å². The van der Waals surface area contributed by atoms with E-state index in [9.17, 15) is 4.79 Å². The molecule has 0 N–H and O–H groups in total. The quantitative estimate of drug-likeness (QED) is 0.718. The summed E-state index contributed by atoms with van der Waals surface area (Å²) < 4.78 is 5.24. The number of benzene rings is 1. The Morgan fingerprint density at radius 2 is 2.22 bits per heavy atom. The Hall–Kier alpha value is -1.15. The van der Waals surface area contributed by atoms with Crippen LogP contribution in [0.5, 0.6) is 0 Å². The first-order valence-corrected chi connectivity index (χ1v) is 6.98. The van der Waals surface area contributed by atoms with E-state index in [1.165, 1.54) is 24.0 Å². The van der Waals surface area contributed by atoms with E-state index in [2.05, 4.69) is 24.3 Å². The first kappa shape index (κ1) is 13.3. The van der Waals surface area contributed by atoms with Crippen molar-refractivity contribution in [2.75, 3.05) is 13.2 Å². The van der Waals surface area contributed by atoms with Crippen LogP contribution in [0.15, 0.2) is 24.3 Å². The van der Waals surface area contributed by atoms with E-state index in [1.54, 1.807) is 0 Å². The van der Waals surface area contributed by atoms with Gasteiger partial charge in [0.15, 0.2) is 0 Å². The predicted octanol–water partition coefficient (Wildman–Crippen LogP) is 3.49. The van der Waals surface area contributed by atoms with Gasteiger partial charge in [-0.15, -0.1) is 0 Å². The standard InChI is InChI=1S/C16H22O2/c1-2-18-11-10-15(17)12-14-8-5-7-13-6-3-4-9-16(13)14/h3-4,6,9,14H,2,5,7-8,10-12H2,1H3. The van der Waals surface area contributed by atoms with Crippen LogP contribution in [-0.4, -0.2) is 19.0 Å². The molecule has 0 bridgehead atoms. The van der Waals surface area contributed by atoms with E-state index >= 15 is 0 Å². The van der Waals surface area contributed by atoms with Crippen molar-refractivity contribution in [3.63, 3.8) is 0 Å². The van der Waals surface area contributed by atoms with Crippen molar-refractivity contribution in [1.29, 1.82) is 0 Å². The molecule has 0 fully saturated rings. The van der Waals surface area contributed by atoms with Crippen LogP contribution in [0.1, 0.15) is 49.7 Å². The number of hydrogen-bond acceptors (Lipinski definition) is 2. The maximum Gasteiger partial charge on any atom is 0.135 e. The lowest BCUT2D eigenvalue weighted by atomic mass is 9.80. The number of aryl methyl sites for hydroxylation is 1. The smallest absolute Gasteiger partial charge is 0.135 e. The molecule has 2 rings (SSSR count). The molecule has 0 aliphatic heterocycles. The zero-order valence-corrected chi connectivity index (χ0v) is 11.2. The summed E-state index contributed by atoms with van der Waals surface area (Å²) in [6, 6.07) is 8.57. The van der Waals surface area contributed by atoms with Gasteiger partial charge in [-0.25, -0.2) is 0 Å². The molecule has 1 aromatic carbocycles. The number of carbonyl (C=O) groups excluding carboxylic acids is 1. The molecule has 98 valence electrons. The van der Waals surface area contributed by atoms with Crippen LogP contribution in [0.25, 0.3) is 0 Å². The third-order valence-electron chi connectivity index (χ3n) is 3.70. The average Bonchev–Trinajstić information content (AvgIpc) is 2.39. The highest BCUT2D eigenvalue weighted by Gasteiger charge is 2.21. The Kier molecular flexibility index (Phi) is 4.94. The van der Waals surface area contributed by atoms with Crippen molar-refractivity contribution in [1.82, 2.24) is 0 Å². The van der Waals surface area contributed by atoms with Gasteiger partial charge in [-0.05, 0) is 43.2 Å². The number of hydrogen-bond donors (Lipinski definition) is 0. The number of ketones is 1. The Balaban J connectivity index is 1.92. The summed E-state index contributed by atoms with van der Waals surface area (Å²) in [6.45, 7) is 3.23. The van der Waals surface area contributed by atoms with Crippen molar-refractivity contribution < 1.29 is 9.53 Å². The van der Waals surface area contributed by atoms with Crippen molar-refractivity contribution >= 4 is 5.78 Å². The van der Waals surface area contributed by atoms with Crippen molar-refractivity contribution in [2.24, 2.45) is 0 Å². The molecule has 2 nitrogen and oxygen atoms in total. The molecule has 1 aliphatic rings. The lowest BCUT2D eigenvalue weighted by Crippen LogP contribution is -2.14. The van der Waals surface area contributed by atoms with Crippen LogP contribution in [0.2, 0.25) is 0 Å². The highest BCUT2D eigenvalue weighted by atomic mass is 16.5. The molecule has 2 heteroatoms. The van der Waals surface area contributed by atoms with Gasteiger partial charge in [0.05, 0.1) is 6.61 Å². The van der Waals surface area contributed by atoms with Gasteiger partial charge in [-0.3, -0.25) is 4.79 Å². The molecule has 0 saturated carbocycles. The minimum Gasteiger partial charge on any atom is -0.381 e. The molecule has 0 heterocycles. The molecular formula is C16H22O2. The van der Waals surface area contributed by atoms with E-state index in [4.69, 9.17) is 4.74 Å². The van der Waals surface area contributed by atoms with E-state index < -0.39 is 0 Å². The van der Waals surface area contributed by atoms with Gasteiger partial charge in [-0.2, -0.15) is 0 Å². The fraction of sp³-hybridized carbons (Fsp3) is 0.562. The summed E-state index contributed by atoms with van der Waals surface area (Å²) in [5.41, 5.74) is 2.83. The minimum absolute atomic E-state index is 0.338. The zero-order chi connectivity index (χ0) is 12.8. The molecule has 0 aromatic heterocycles. The Morgan fingerprint density at radius 3 is 3.06 bits per heavy atom. The zero-order valence-electron chi connectivity index (χ0n) is 11.2. The second-order valence-electron chi connectivity index (χ2n) is 4.98. The molecule has 1 atom stereocenters. The lowest BCUT2D eigenvalue weighted by molar-refractivity contribution is -0.120. The first-order chi connectivity index (χ1) is 8.81. The first-order valence-electron chi connectivity index (χ1n) is 6.98. The maximum atomic E-state index is 11.9. The van der Waals surface area contributed by atoms with Gasteiger partial charge in [-0.1, -0.05) is 24.3 Å². The fourth-order valence-corrected chi connectivity index (χ4v) is 2.77. The normalized spacial score (nSPS) is 18.4. The Morgan fingerprint density at radius 1 is 1.39 bits per heavy atom. The molecule has 0 spiro atoms. The van der Waals surface area contributed by atoms with Gasteiger partial charge in [0, 0.05) is 19.4 Å². The van der Waals surface area contributed by atoms with E-state index in [1.807, 2.05) is 6.92 Å². The predicted molar refractivity (Wildman–Crippen MR) is 72.9 cm³/mol. The topological polar surface area (TPSA) is 26.3 Å². The molecule has 0 radical (unpaired) electrons. The van der Waals surface area contributed by atoms with Crippen LogP contribution in [0, 0.1) is 0 Å². The summed E-state index contributed by atoms with van der Waals surface area (Å²) in [6.07, 6.45) is 4.77. The maximum absolute atomic E-state index is 11.9. The number of fused-ring (bicyclic) bond motifs is 1.